The lowest BCUT2D eigenvalue weighted by molar-refractivity contribution is 0.341. The van der Waals surface area contributed by atoms with Crippen LogP contribution < -0.4 is 10.1 Å². The van der Waals surface area contributed by atoms with E-state index in [-0.39, 0.29) is 0 Å². The minimum atomic E-state index is 0.563. The van der Waals surface area contributed by atoms with Crippen molar-refractivity contribution in [3.63, 3.8) is 0 Å². The Hall–Kier alpha value is -4.27. The third-order valence-electron chi connectivity index (χ3n) is 5.45. The van der Waals surface area contributed by atoms with E-state index in [9.17, 15) is 0 Å². The number of rotatable bonds is 8. The molecule has 0 atom stereocenters. The lowest BCUT2D eigenvalue weighted by Gasteiger charge is -2.13. The van der Waals surface area contributed by atoms with Crippen LogP contribution >= 0.6 is 0 Å². The van der Waals surface area contributed by atoms with E-state index in [1.165, 1.54) is 0 Å². The zero-order chi connectivity index (χ0) is 23.5. The molecule has 3 aromatic heterocycles. The van der Waals surface area contributed by atoms with Crippen molar-refractivity contribution in [3.8, 4) is 22.8 Å². The van der Waals surface area contributed by atoms with E-state index >= 15 is 0 Å². The number of imidazole rings is 1. The van der Waals surface area contributed by atoms with Crippen LogP contribution in [0.1, 0.15) is 31.8 Å². The third-order valence-corrected chi connectivity index (χ3v) is 5.45. The Balaban J connectivity index is 1.61. The average molecular weight is 455 g/mol. The van der Waals surface area contributed by atoms with E-state index < -0.39 is 0 Å². The number of ether oxygens (including phenoxy) is 1. The predicted octanol–water partition coefficient (Wildman–Crippen LogP) is 4.78. The van der Waals surface area contributed by atoms with Crippen molar-refractivity contribution in [2.45, 2.75) is 33.6 Å². The number of para-hydroxylation sites is 1. The van der Waals surface area contributed by atoms with E-state index in [4.69, 9.17) is 19.8 Å². The van der Waals surface area contributed by atoms with Crippen LogP contribution in [0.15, 0.2) is 60.9 Å². The van der Waals surface area contributed by atoms with Gasteiger partial charge in [-0.15, -0.1) is 10.2 Å². The molecule has 5 rings (SSSR count). The molecule has 0 aliphatic heterocycles. The third kappa shape index (κ3) is 4.07. The van der Waals surface area contributed by atoms with E-state index in [1.807, 2.05) is 73.1 Å². The molecule has 3 heterocycles. The summed E-state index contributed by atoms with van der Waals surface area (Å²) in [5.74, 6) is 2.93. The fraction of sp³-hybridized carbons (Fsp3) is 0.240. The van der Waals surface area contributed by atoms with Gasteiger partial charge in [-0.25, -0.2) is 19.2 Å². The highest BCUT2D eigenvalue weighted by Gasteiger charge is 2.19. The Morgan fingerprint density at radius 3 is 2.56 bits per heavy atom. The average Bonchev–Trinajstić information content (AvgIpc) is 3.49. The summed E-state index contributed by atoms with van der Waals surface area (Å²) < 4.78 is 9.48. The maximum absolute atomic E-state index is 5.85. The highest BCUT2D eigenvalue weighted by atomic mass is 16.5. The molecule has 0 fully saturated rings. The summed E-state index contributed by atoms with van der Waals surface area (Å²) in [6.07, 6.45) is 5.26. The van der Waals surface area contributed by atoms with Gasteiger partial charge in [0.2, 0.25) is 0 Å². The molecule has 9 nitrogen and oxygen atoms in total. The molecule has 1 N–H and O–H groups in total. The largest absolute Gasteiger partial charge is 0.493 e. The van der Waals surface area contributed by atoms with Gasteiger partial charge >= 0.3 is 0 Å². The molecule has 172 valence electrons. The molecule has 0 saturated heterocycles. The molecule has 2 aromatic carbocycles. The second kappa shape index (κ2) is 9.30. The second-order valence-corrected chi connectivity index (χ2v) is 7.86. The molecule has 0 bridgehead atoms. The maximum Gasteiger partial charge on any atom is 0.185 e. The van der Waals surface area contributed by atoms with Crippen LogP contribution in [-0.2, 0) is 6.42 Å². The van der Waals surface area contributed by atoms with E-state index in [1.54, 1.807) is 10.9 Å². The first-order valence-electron chi connectivity index (χ1n) is 11.4. The fourth-order valence-corrected chi connectivity index (χ4v) is 3.93. The molecule has 0 aliphatic carbocycles. The smallest absolute Gasteiger partial charge is 0.185 e. The standard InChI is InChI=1S/C25H26N8O/c1-4-8-22-27-17(3)23-25(28-18-11-13-19(14-12-18)32-16-15-26-31-32)29-24(30-33(22)23)20-9-6-7-10-21(20)34-5-2/h6-7,9-16H,4-5,8H2,1-3H3,(H,28,29,30). The van der Waals surface area contributed by atoms with Gasteiger partial charge in [0, 0.05) is 12.1 Å². The summed E-state index contributed by atoms with van der Waals surface area (Å²) >= 11 is 0. The number of benzene rings is 2. The normalized spacial score (nSPS) is 11.1. The summed E-state index contributed by atoms with van der Waals surface area (Å²) in [4.78, 5) is 9.72. The molecular weight excluding hydrogens is 428 g/mol. The summed E-state index contributed by atoms with van der Waals surface area (Å²) in [7, 11) is 0. The zero-order valence-electron chi connectivity index (χ0n) is 19.4. The molecule has 9 heteroatoms. The Labute approximate surface area is 197 Å². The number of anilines is 2. The first kappa shape index (κ1) is 21.6. The van der Waals surface area contributed by atoms with Gasteiger partial charge in [-0.1, -0.05) is 24.3 Å². The molecule has 34 heavy (non-hydrogen) atoms. The van der Waals surface area contributed by atoms with Gasteiger partial charge in [0.15, 0.2) is 11.6 Å². The van der Waals surface area contributed by atoms with Crippen molar-refractivity contribution in [2.75, 3.05) is 11.9 Å². The number of aryl methyl sites for hydroxylation is 2. The summed E-state index contributed by atoms with van der Waals surface area (Å²) in [6, 6.07) is 15.8. The van der Waals surface area contributed by atoms with Crippen LogP contribution in [0.3, 0.4) is 0 Å². The fourth-order valence-electron chi connectivity index (χ4n) is 3.93. The van der Waals surface area contributed by atoms with Crippen molar-refractivity contribution in [3.05, 3.63) is 72.4 Å². The first-order valence-corrected chi connectivity index (χ1v) is 11.4. The summed E-state index contributed by atoms with van der Waals surface area (Å²) in [6.45, 7) is 6.66. The number of aromatic nitrogens is 7. The molecule has 0 radical (unpaired) electrons. The van der Waals surface area contributed by atoms with Crippen LogP contribution in [0.4, 0.5) is 11.5 Å². The van der Waals surface area contributed by atoms with Gasteiger partial charge in [0.05, 0.1) is 35.9 Å². The van der Waals surface area contributed by atoms with Crippen molar-refractivity contribution in [2.24, 2.45) is 0 Å². The van der Waals surface area contributed by atoms with E-state index in [0.29, 0.717) is 18.2 Å². The van der Waals surface area contributed by atoms with Crippen LogP contribution in [0.5, 0.6) is 5.75 Å². The van der Waals surface area contributed by atoms with Crippen LogP contribution in [0.2, 0.25) is 0 Å². The Morgan fingerprint density at radius 2 is 1.82 bits per heavy atom. The molecular formula is C25H26N8O. The van der Waals surface area contributed by atoms with Crippen LogP contribution in [0, 0.1) is 6.92 Å². The molecule has 0 saturated carbocycles. The molecule has 0 amide bonds. The van der Waals surface area contributed by atoms with E-state index in [0.717, 1.165) is 52.6 Å². The first-order chi connectivity index (χ1) is 16.7. The number of hydrogen-bond donors (Lipinski definition) is 1. The van der Waals surface area contributed by atoms with Gasteiger partial charge in [0.1, 0.15) is 17.1 Å². The summed E-state index contributed by atoms with van der Waals surface area (Å²) in [5.41, 5.74) is 4.40. The number of nitrogens with zero attached hydrogens (tertiary/aromatic N) is 7. The minimum absolute atomic E-state index is 0.563. The number of nitrogens with one attached hydrogen (secondary N) is 1. The Kier molecular flexibility index (Phi) is 5.90. The number of hydrogen-bond acceptors (Lipinski definition) is 7. The minimum Gasteiger partial charge on any atom is -0.493 e. The summed E-state index contributed by atoms with van der Waals surface area (Å²) in [5, 5.41) is 16.3. The van der Waals surface area contributed by atoms with Gasteiger partial charge in [0.25, 0.3) is 0 Å². The highest BCUT2D eigenvalue weighted by molar-refractivity contribution is 5.78. The lowest BCUT2D eigenvalue weighted by atomic mass is 10.2. The van der Waals surface area contributed by atoms with Crippen molar-refractivity contribution >= 4 is 17.0 Å². The predicted molar refractivity (Wildman–Crippen MR) is 131 cm³/mol. The monoisotopic (exact) mass is 454 g/mol. The van der Waals surface area contributed by atoms with Gasteiger partial charge < -0.3 is 10.1 Å². The second-order valence-electron chi connectivity index (χ2n) is 7.86. The van der Waals surface area contributed by atoms with Crippen molar-refractivity contribution in [1.82, 2.24) is 34.6 Å². The van der Waals surface area contributed by atoms with Gasteiger partial charge in [-0.3, -0.25) is 0 Å². The molecule has 0 aliphatic rings. The highest BCUT2D eigenvalue weighted by Crippen LogP contribution is 2.31. The lowest BCUT2D eigenvalue weighted by Crippen LogP contribution is -2.07. The molecule has 0 spiro atoms. The van der Waals surface area contributed by atoms with Crippen LogP contribution in [-0.4, -0.2) is 41.2 Å². The Bertz CT molecular complexity index is 1410. The van der Waals surface area contributed by atoms with E-state index in [2.05, 4.69) is 22.6 Å². The molecule has 0 unspecified atom stereocenters. The van der Waals surface area contributed by atoms with Gasteiger partial charge in [-0.05, 0) is 56.7 Å². The SMILES string of the molecule is CCCc1nc(C)c2c(Nc3ccc(-n4ccnn4)cc3)nc(-c3ccccc3OCC)nn12. The van der Waals surface area contributed by atoms with Crippen molar-refractivity contribution in [1.29, 1.82) is 0 Å². The Morgan fingerprint density at radius 1 is 1.00 bits per heavy atom. The molecule has 5 aromatic rings. The quantitative estimate of drug-likeness (QED) is 0.361. The zero-order valence-corrected chi connectivity index (χ0v) is 19.4. The maximum atomic E-state index is 5.85. The topological polar surface area (TPSA) is 95.1 Å². The van der Waals surface area contributed by atoms with Crippen LogP contribution in [0.25, 0.3) is 22.6 Å². The van der Waals surface area contributed by atoms with Crippen molar-refractivity contribution < 1.29 is 4.74 Å². The van der Waals surface area contributed by atoms with Gasteiger partial charge in [-0.2, -0.15) is 0 Å². The number of fused-ring (bicyclic) bond motifs is 1.